The number of nitrogens with one attached hydrogen (secondary N) is 1. The van der Waals surface area contributed by atoms with E-state index in [2.05, 4.69) is 31.1 Å². The second-order valence-corrected chi connectivity index (χ2v) is 7.26. The lowest BCUT2D eigenvalue weighted by atomic mass is 9.92. The van der Waals surface area contributed by atoms with Crippen LogP contribution >= 0.6 is 23.7 Å². The van der Waals surface area contributed by atoms with E-state index in [1.54, 1.807) is 11.3 Å². The van der Waals surface area contributed by atoms with Gasteiger partial charge in [0.2, 0.25) is 5.91 Å². The Morgan fingerprint density at radius 3 is 2.84 bits per heavy atom. The van der Waals surface area contributed by atoms with Crippen LogP contribution in [-0.4, -0.2) is 16.9 Å². The lowest BCUT2D eigenvalue weighted by Gasteiger charge is -2.16. The van der Waals surface area contributed by atoms with E-state index >= 15 is 0 Å². The van der Waals surface area contributed by atoms with Gasteiger partial charge in [0.1, 0.15) is 0 Å². The molecule has 0 fully saturated rings. The van der Waals surface area contributed by atoms with E-state index < -0.39 is 0 Å². The Bertz CT molecular complexity index is 453. The Morgan fingerprint density at radius 2 is 2.21 bits per heavy atom. The van der Waals surface area contributed by atoms with Gasteiger partial charge in [-0.2, -0.15) is 0 Å². The first-order chi connectivity index (χ1) is 8.33. The fourth-order valence-corrected chi connectivity index (χ4v) is 3.22. The molecule has 1 amide bonds. The highest BCUT2D eigenvalue weighted by Crippen LogP contribution is 2.29. The van der Waals surface area contributed by atoms with Crippen LogP contribution in [-0.2, 0) is 17.6 Å². The lowest BCUT2D eigenvalue weighted by molar-refractivity contribution is -0.117. The summed E-state index contributed by atoms with van der Waals surface area (Å²) in [5.41, 5.74) is 7.06. The predicted molar refractivity (Wildman–Crippen MR) is 82.1 cm³/mol. The normalized spacial score (nSPS) is 18.4. The van der Waals surface area contributed by atoms with Crippen LogP contribution in [0.25, 0.3) is 0 Å². The summed E-state index contributed by atoms with van der Waals surface area (Å²) in [7, 11) is 0. The van der Waals surface area contributed by atoms with Gasteiger partial charge in [0.25, 0.3) is 0 Å². The molecule has 0 bridgehead atoms. The molecule has 1 aromatic rings. The van der Waals surface area contributed by atoms with E-state index in [0.717, 1.165) is 30.1 Å². The molecule has 0 unspecified atom stereocenters. The van der Waals surface area contributed by atoms with Crippen molar-refractivity contribution < 1.29 is 4.79 Å². The SMILES string of the molecule is CC(C)(C)CC(=O)Nc1nc2c(s1)C[C@@H](N)CC2.Cl. The van der Waals surface area contributed by atoms with Crippen LogP contribution < -0.4 is 11.1 Å². The number of aromatic nitrogens is 1. The average molecular weight is 304 g/mol. The zero-order chi connectivity index (χ0) is 13.3. The number of fused-ring (bicyclic) bond motifs is 1. The standard InChI is InChI=1S/C13H21N3OS.ClH/c1-13(2,3)7-11(17)16-12-15-9-5-4-8(14)6-10(9)18-12;/h8H,4-7,14H2,1-3H3,(H,15,16,17);1H/t8-;/m0./s1. The minimum Gasteiger partial charge on any atom is -0.327 e. The van der Waals surface area contributed by atoms with Crippen molar-refractivity contribution in [3.05, 3.63) is 10.6 Å². The van der Waals surface area contributed by atoms with Gasteiger partial charge in [0.05, 0.1) is 5.69 Å². The smallest absolute Gasteiger partial charge is 0.226 e. The van der Waals surface area contributed by atoms with Gasteiger partial charge in [-0.3, -0.25) is 4.79 Å². The number of carbonyl (C=O) groups is 1. The number of amides is 1. The van der Waals surface area contributed by atoms with E-state index in [1.165, 1.54) is 4.88 Å². The molecule has 1 atom stereocenters. The van der Waals surface area contributed by atoms with Gasteiger partial charge in [-0.25, -0.2) is 4.98 Å². The highest BCUT2D eigenvalue weighted by Gasteiger charge is 2.22. The number of hydrogen-bond acceptors (Lipinski definition) is 4. The van der Waals surface area contributed by atoms with Gasteiger partial charge in [-0.15, -0.1) is 23.7 Å². The Hall–Kier alpha value is -0.650. The lowest BCUT2D eigenvalue weighted by Crippen LogP contribution is -2.27. The number of carbonyl (C=O) groups excluding carboxylic acids is 1. The quantitative estimate of drug-likeness (QED) is 0.882. The van der Waals surface area contributed by atoms with E-state index in [0.29, 0.717) is 6.42 Å². The summed E-state index contributed by atoms with van der Waals surface area (Å²) in [6, 6.07) is 0.246. The predicted octanol–water partition coefficient (Wildman–Crippen LogP) is 2.76. The summed E-state index contributed by atoms with van der Waals surface area (Å²) in [6.07, 6.45) is 3.33. The molecule has 4 nitrogen and oxygen atoms in total. The Labute approximate surface area is 124 Å². The fourth-order valence-electron chi connectivity index (χ4n) is 2.10. The largest absolute Gasteiger partial charge is 0.327 e. The van der Waals surface area contributed by atoms with Crippen molar-refractivity contribution in [3.8, 4) is 0 Å². The summed E-state index contributed by atoms with van der Waals surface area (Å²) >= 11 is 1.57. The van der Waals surface area contributed by atoms with Crippen molar-refractivity contribution in [3.63, 3.8) is 0 Å². The molecule has 1 aromatic heterocycles. The van der Waals surface area contributed by atoms with Crippen LogP contribution in [0.4, 0.5) is 5.13 Å². The molecule has 0 aliphatic heterocycles. The van der Waals surface area contributed by atoms with Gasteiger partial charge in [0.15, 0.2) is 5.13 Å². The molecule has 0 saturated heterocycles. The molecule has 1 aliphatic rings. The maximum atomic E-state index is 11.8. The van der Waals surface area contributed by atoms with Crippen LogP contribution in [0.1, 0.15) is 44.2 Å². The molecule has 1 aliphatic carbocycles. The van der Waals surface area contributed by atoms with Crippen molar-refractivity contribution in [2.24, 2.45) is 11.1 Å². The second-order valence-electron chi connectivity index (χ2n) is 6.18. The summed E-state index contributed by atoms with van der Waals surface area (Å²) in [5, 5.41) is 3.62. The minimum atomic E-state index is 0. The zero-order valence-corrected chi connectivity index (χ0v) is 13.3. The zero-order valence-electron chi connectivity index (χ0n) is 11.7. The molecule has 2 rings (SSSR count). The van der Waals surface area contributed by atoms with E-state index in [9.17, 15) is 4.79 Å². The third kappa shape index (κ3) is 4.75. The van der Waals surface area contributed by atoms with Gasteiger partial charge in [0, 0.05) is 17.3 Å². The third-order valence-electron chi connectivity index (χ3n) is 2.92. The molecule has 108 valence electrons. The minimum absolute atomic E-state index is 0. The third-order valence-corrected chi connectivity index (χ3v) is 3.95. The van der Waals surface area contributed by atoms with E-state index in [4.69, 9.17) is 5.73 Å². The Morgan fingerprint density at radius 1 is 1.53 bits per heavy atom. The highest BCUT2D eigenvalue weighted by molar-refractivity contribution is 7.15. The van der Waals surface area contributed by atoms with Crippen molar-refractivity contribution >= 4 is 34.8 Å². The van der Waals surface area contributed by atoms with Gasteiger partial charge in [-0.05, 0) is 24.7 Å². The maximum absolute atomic E-state index is 11.8. The molecular formula is C13H22ClN3OS. The average Bonchev–Trinajstić information content (AvgIpc) is 2.55. The van der Waals surface area contributed by atoms with Crippen LogP contribution in [0.3, 0.4) is 0 Å². The molecule has 3 N–H and O–H groups in total. The number of nitrogens with zero attached hydrogens (tertiary/aromatic N) is 1. The number of anilines is 1. The molecule has 0 saturated carbocycles. The second kappa shape index (κ2) is 6.20. The number of nitrogens with two attached hydrogens (primary N) is 1. The van der Waals surface area contributed by atoms with Crippen molar-refractivity contribution in [2.45, 2.75) is 52.5 Å². The first-order valence-corrected chi connectivity index (χ1v) is 7.19. The first kappa shape index (κ1) is 16.4. The molecule has 1 heterocycles. The number of thiazole rings is 1. The van der Waals surface area contributed by atoms with E-state index in [-0.39, 0.29) is 29.8 Å². The molecule has 0 spiro atoms. The number of aryl methyl sites for hydroxylation is 1. The topological polar surface area (TPSA) is 68.0 Å². The molecule has 19 heavy (non-hydrogen) atoms. The van der Waals surface area contributed by atoms with Gasteiger partial charge >= 0.3 is 0 Å². The van der Waals surface area contributed by atoms with Crippen molar-refractivity contribution in [1.82, 2.24) is 4.98 Å². The van der Waals surface area contributed by atoms with Crippen LogP contribution in [0, 0.1) is 5.41 Å². The maximum Gasteiger partial charge on any atom is 0.226 e. The number of hydrogen-bond donors (Lipinski definition) is 2. The molecule has 0 radical (unpaired) electrons. The summed E-state index contributed by atoms with van der Waals surface area (Å²) in [5.74, 6) is 0.0397. The number of halogens is 1. The summed E-state index contributed by atoms with van der Waals surface area (Å²) < 4.78 is 0. The number of rotatable bonds is 2. The Kier molecular flexibility index (Phi) is 5.35. The monoisotopic (exact) mass is 303 g/mol. The van der Waals surface area contributed by atoms with E-state index in [1.807, 2.05) is 0 Å². The van der Waals surface area contributed by atoms with Gasteiger partial charge in [-0.1, -0.05) is 20.8 Å². The van der Waals surface area contributed by atoms with Crippen molar-refractivity contribution in [2.75, 3.05) is 5.32 Å². The molecule has 6 heteroatoms. The first-order valence-electron chi connectivity index (χ1n) is 6.37. The molecular weight excluding hydrogens is 282 g/mol. The van der Waals surface area contributed by atoms with Crippen LogP contribution in [0.15, 0.2) is 0 Å². The highest BCUT2D eigenvalue weighted by atomic mass is 35.5. The van der Waals surface area contributed by atoms with Crippen LogP contribution in [0.2, 0.25) is 0 Å². The Balaban J connectivity index is 0.00000180. The van der Waals surface area contributed by atoms with Crippen LogP contribution in [0.5, 0.6) is 0 Å². The van der Waals surface area contributed by atoms with Crippen molar-refractivity contribution in [1.29, 1.82) is 0 Å². The van der Waals surface area contributed by atoms with Gasteiger partial charge < -0.3 is 11.1 Å². The summed E-state index contributed by atoms with van der Waals surface area (Å²) in [4.78, 5) is 17.6. The molecule has 0 aromatic carbocycles. The fraction of sp³-hybridized carbons (Fsp3) is 0.692. The summed E-state index contributed by atoms with van der Waals surface area (Å²) in [6.45, 7) is 6.16.